The van der Waals surface area contributed by atoms with E-state index >= 15 is 0 Å². The lowest BCUT2D eigenvalue weighted by Gasteiger charge is -2.32. The van der Waals surface area contributed by atoms with Crippen molar-refractivity contribution in [1.82, 2.24) is 24.8 Å². The van der Waals surface area contributed by atoms with Gasteiger partial charge in [0.2, 0.25) is 5.88 Å². The Balaban J connectivity index is 1.28. The third kappa shape index (κ3) is 5.60. The van der Waals surface area contributed by atoms with Gasteiger partial charge in [0.15, 0.2) is 0 Å². The molecule has 0 bridgehead atoms. The van der Waals surface area contributed by atoms with Gasteiger partial charge in [0.05, 0.1) is 11.9 Å². The van der Waals surface area contributed by atoms with E-state index in [1.807, 2.05) is 36.1 Å². The molecule has 0 spiro atoms. The van der Waals surface area contributed by atoms with E-state index in [9.17, 15) is 4.79 Å². The van der Waals surface area contributed by atoms with Gasteiger partial charge in [0, 0.05) is 43.2 Å². The first-order valence-corrected chi connectivity index (χ1v) is 11.5. The van der Waals surface area contributed by atoms with Gasteiger partial charge in [-0.05, 0) is 61.7 Å². The van der Waals surface area contributed by atoms with Crippen LogP contribution in [0.25, 0.3) is 0 Å². The van der Waals surface area contributed by atoms with Crippen molar-refractivity contribution in [2.45, 2.75) is 25.7 Å². The van der Waals surface area contributed by atoms with Gasteiger partial charge in [-0.3, -0.25) is 9.78 Å². The summed E-state index contributed by atoms with van der Waals surface area (Å²) >= 11 is 0. The van der Waals surface area contributed by atoms with Crippen LogP contribution in [0, 0.1) is 6.92 Å². The summed E-state index contributed by atoms with van der Waals surface area (Å²) in [5.41, 5.74) is 2.49. The largest absolute Gasteiger partial charge is 0.437 e. The lowest BCUT2D eigenvalue weighted by Crippen LogP contribution is -2.39. The summed E-state index contributed by atoms with van der Waals surface area (Å²) in [5.74, 6) is 1.72. The maximum atomic E-state index is 13.3. The number of benzene rings is 2. The van der Waals surface area contributed by atoms with Crippen molar-refractivity contribution in [2.24, 2.45) is 0 Å². The Bertz CT molecular complexity index is 1310. The molecule has 1 aliphatic rings. The van der Waals surface area contributed by atoms with Crippen molar-refractivity contribution in [3.63, 3.8) is 0 Å². The number of nitrogens with zero attached hydrogens (tertiary/aromatic N) is 5. The van der Waals surface area contributed by atoms with Crippen molar-refractivity contribution in [2.75, 3.05) is 13.1 Å². The Kier molecular flexibility index (Phi) is 6.61. The minimum absolute atomic E-state index is 0.0470. The normalized spacial score (nSPS) is 15.5. The Morgan fingerprint density at radius 3 is 2.60 bits per heavy atom. The monoisotopic (exact) mass is 467 g/mol. The molecule has 4 aromatic rings. The second kappa shape index (κ2) is 10.3. The highest BCUT2D eigenvalue weighted by atomic mass is 16.5. The zero-order valence-corrected chi connectivity index (χ0v) is 19.4. The summed E-state index contributed by atoms with van der Waals surface area (Å²) in [4.78, 5) is 32.3. The molecule has 2 aromatic carbocycles. The molecular weight excluding hydrogens is 442 g/mol. The van der Waals surface area contributed by atoms with Crippen LogP contribution in [0.3, 0.4) is 0 Å². The van der Waals surface area contributed by atoms with E-state index in [1.165, 1.54) is 0 Å². The lowest BCUT2D eigenvalue weighted by molar-refractivity contribution is 0.0705. The first-order chi connectivity index (χ1) is 17.1. The number of aromatic nitrogens is 4. The van der Waals surface area contributed by atoms with E-state index in [-0.39, 0.29) is 17.8 Å². The van der Waals surface area contributed by atoms with Gasteiger partial charge in [-0.25, -0.2) is 15.0 Å². The van der Waals surface area contributed by atoms with Crippen molar-refractivity contribution in [3.8, 4) is 23.4 Å². The molecule has 0 unspecified atom stereocenters. The summed E-state index contributed by atoms with van der Waals surface area (Å²) in [7, 11) is 0. The fourth-order valence-corrected chi connectivity index (χ4v) is 4.13. The van der Waals surface area contributed by atoms with E-state index in [0.29, 0.717) is 30.3 Å². The topological polar surface area (TPSA) is 90.3 Å². The highest BCUT2D eigenvalue weighted by molar-refractivity contribution is 5.94. The maximum absolute atomic E-state index is 13.3. The number of hydrogen-bond donors (Lipinski definition) is 0. The van der Waals surface area contributed by atoms with Crippen molar-refractivity contribution in [3.05, 3.63) is 96.2 Å². The Labute approximate surface area is 203 Å². The fourth-order valence-electron chi connectivity index (χ4n) is 4.13. The standard InChI is InChI=1S/C27H25N5O3/c1-19-6-2-9-22(14-19)34-25-17-28-16-24(31-25)21-8-4-13-32(18-21)26(33)20-7-3-10-23(15-20)35-27-29-11-5-12-30-27/h2-3,5-7,9-12,14-17,21H,4,8,13,18H2,1H3/t21-/m0/s1. The Morgan fingerprint density at radius 1 is 0.971 bits per heavy atom. The molecule has 0 radical (unpaired) electrons. The van der Waals surface area contributed by atoms with Gasteiger partial charge >= 0.3 is 6.01 Å². The first kappa shape index (κ1) is 22.5. The van der Waals surface area contributed by atoms with Crippen LogP contribution in [0.1, 0.15) is 40.4 Å². The van der Waals surface area contributed by atoms with Crippen LogP contribution in [-0.4, -0.2) is 43.8 Å². The van der Waals surface area contributed by atoms with E-state index in [1.54, 1.807) is 55.1 Å². The molecule has 1 atom stereocenters. The van der Waals surface area contributed by atoms with Crippen LogP contribution < -0.4 is 9.47 Å². The van der Waals surface area contributed by atoms with Crippen LogP contribution in [-0.2, 0) is 0 Å². The molecule has 8 nitrogen and oxygen atoms in total. The molecule has 0 aliphatic carbocycles. The quantitative estimate of drug-likeness (QED) is 0.386. The molecule has 1 fully saturated rings. The minimum atomic E-state index is -0.0470. The van der Waals surface area contributed by atoms with Crippen LogP contribution >= 0.6 is 0 Å². The SMILES string of the molecule is Cc1cccc(Oc2cncc([C@H]3CCCN(C(=O)c4cccc(Oc5ncccn5)c4)C3)n2)c1. The fraction of sp³-hybridized carbons (Fsp3) is 0.222. The second-order valence-corrected chi connectivity index (χ2v) is 8.45. The van der Waals surface area contributed by atoms with Gasteiger partial charge in [0.1, 0.15) is 11.5 Å². The highest BCUT2D eigenvalue weighted by Crippen LogP contribution is 2.29. The number of likely N-dealkylation sites (tertiary alicyclic amines) is 1. The molecule has 8 heteroatoms. The summed E-state index contributed by atoms with van der Waals surface area (Å²) in [6.45, 7) is 3.27. The predicted octanol–water partition coefficient (Wildman–Crippen LogP) is 5.18. The van der Waals surface area contributed by atoms with Gasteiger partial charge < -0.3 is 14.4 Å². The minimum Gasteiger partial charge on any atom is -0.437 e. The van der Waals surface area contributed by atoms with Gasteiger partial charge in [-0.1, -0.05) is 18.2 Å². The molecule has 176 valence electrons. The van der Waals surface area contributed by atoms with E-state index in [2.05, 4.69) is 15.0 Å². The van der Waals surface area contributed by atoms with Gasteiger partial charge in [-0.2, -0.15) is 0 Å². The number of piperidine rings is 1. The molecule has 1 aliphatic heterocycles. The number of amides is 1. The molecular formula is C27H25N5O3. The van der Waals surface area contributed by atoms with E-state index in [4.69, 9.17) is 14.5 Å². The number of carbonyl (C=O) groups excluding carboxylic acids is 1. The molecule has 35 heavy (non-hydrogen) atoms. The number of hydrogen-bond acceptors (Lipinski definition) is 7. The van der Waals surface area contributed by atoms with E-state index in [0.717, 1.165) is 29.8 Å². The molecule has 5 rings (SSSR count). The van der Waals surface area contributed by atoms with Crippen LogP contribution in [0.15, 0.2) is 79.4 Å². The smallest absolute Gasteiger partial charge is 0.321 e. The van der Waals surface area contributed by atoms with Gasteiger partial charge in [0.25, 0.3) is 5.91 Å². The number of ether oxygens (including phenoxy) is 2. The predicted molar refractivity (Wildman–Crippen MR) is 130 cm³/mol. The molecule has 2 aromatic heterocycles. The molecule has 1 amide bonds. The summed E-state index contributed by atoms with van der Waals surface area (Å²) < 4.78 is 11.6. The number of aryl methyl sites for hydroxylation is 1. The zero-order valence-electron chi connectivity index (χ0n) is 19.4. The maximum Gasteiger partial charge on any atom is 0.321 e. The van der Waals surface area contributed by atoms with Crippen LogP contribution in [0.2, 0.25) is 0 Å². The van der Waals surface area contributed by atoms with Crippen molar-refractivity contribution >= 4 is 5.91 Å². The third-order valence-corrected chi connectivity index (χ3v) is 5.80. The van der Waals surface area contributed by atoms with Gasteiger partial charge in [-0.15, -0.1) is 0 Å². The Morgan fingerprint density at radius 2 is 1.77 bits per heavy atom. The molecule has 1 saturated heterocycles. The highest BCUT2D eigenvalue weighted by Gasteiger charge is 2.27. The summed E-state index contributed by atoms with van der Waals surface area (Å²) in [6.07, 6.45) is 8.40. The molecule has 0 N–H and O–H groups in total. The average molecular weight is 468 g/mol. The summed E-state index contributed by atoms with van der Waals surface area (Å²) in [6, 6.07) is 16.8. The molecule has 3 heterocycles. The van der Waals surface area contributed by atoms with Crippen LogP contribution in [0.4, 0.5) is 0 Å². The zero-order chi connectivity index (χ0) is 24.0. The summed E-state index contributed by atoms with van der Waals surface area (Å²) in [5, 5.41) is 0. The Hall–Kier alpha value is -4.33. The third-order valence-electron chi connectivity index (χ3n) is 5.80. The lowest BCUT2D eigenvalue weighted by atomic mass is 9.94. The average Bonchev–Trinajstić information content (AvgIpc) is 2.89. The first-order valence-electron chi connectivity index (χ1n) is 11.5. The number of rotatable bonds is 6. The molecule has 0 saturated carbocycles. The van der Waals surface area contributed by atoms with Crippen LogP contribution in [0.5, 0.6) is 23.4 Å². The van der Waals surface area contributed by atoms with Crippen molar-refractivity contribution < 1.29 is 14.3 Å². The van der Waals surface area contributed by atoms with E-state index < -0.39 is 0 Å². The number of carbonyl (C=O) groups is 1. The van der Waals surface area contributed by atoms with Crippen molar-refractivity contribution in [1.29, 1.82) is 0 Å². The second-order valence-electron chi connectivity index (χ2n) is 8.45.